The molecule has 5 heteroatoms. The van der Waals surface area contributed by atoms with E-state index in [9.17, 15) is 4.79 Å². The Morgan fingerprint density at radius 1 is 1.14 bits per heavy atom. The highest BCUT2D eigenvalue weighted by atomic mass is 32.1. The number of hydrogen-bond donors (Lipinski definition) is 2. The first-order valence-electron chi connectivity index (χ1n) is 6.98. The Hall–Kier alpha value is -2.40. The van der Waals surface area contributed by atoms with Crippen LogP contribution < -0.4 is 15.4 Å². The molecule has 0 spiro atoms. The highest BCUT2D eigenvalue weighted by molar-refractivity contribution is 7.80. The molecule has 22 heavy (non-hydrogen) atoms. The number of carbonyl (C=O) groups excluding carboxylic acids is 1. The van der Waals surface area contributed by atoms with Crippen LogP contribution in [0.25, 0.3) is 0 Å². The average molecular weight is 314 g/mol. The zero-order valence-electron chi connectivity index (χ0n) is 12.6. The molecule has 4 nitrogen and oxygen atoms in total. The summed E-state index contributed by atoms with van der Waals surface area (Å²) < 4.78 is 5.23. The van der Waals surface area contributed by atoms with E-state index in [1.54, 1.807) is 19.2 Å². The molecule has 0 saturated heterocycles. The van der Waals surface area contributed by atoms with E-state index >= 15 is 0 Å². The predicted octanol–water partition coefficient (Wildman–Crippen LogP) is 3.38. The third kappa shape index (κ3) is 4.05. The quantitative estimate of drug-likeness (QED) is 0.850. The van der Waals surface area contributed by atoms with E-state index < -0.39 is 0 Å². The first-order chi connectivity index (χ1) is 10.6. The number of aryl methyl sites for hydroxylation is 1. The Balaban J connectivity index is 2.00. The van der Waals surface area contributed by atoms with E-state index in [1.165, 1.54) is 5.56 Å². The van der Waals surface area contributed by atoms with Gasteiger partial charge >= 0.3 is 0 Å². The fourth-order valence-electron chi connectivity index (χ4n) is 1.97. The van der Waals surface area contributed by atoms with Crippen LogP contribution in [0.4, 0.5) is 5.69 Å². The van der Waals surface area contributed by atoms with Crippen molar-refractivity contribution in [2.24, 2.45) is 0 Å². The lowest BCUT2D eigenvalue weighted by molar-refractivity contribution is 0.0977. The molecular weight excluding hydrogens is 296 g/mol. The minimum Gasteiger partial charge on any atom is -0.495 e. The fourth-order valence-corrected chi connectivity index (χ4v) is 2.17. The number of carbonyl (C=O) groups is 1. The highest BCUT2D eigenvalue weighted by Gasteiger charge is 2.09. The molecule has 2 N–H and O–H groups in total. The topological polar surface area (TPSA) is 50.4 Å². The normalized spacial score (nSPS) is 9.91. The Labute approximate surface area is 135 Å². The molecule has 0 unspecified atom stereocenters. The van der Waals surface area contributed by atoms with Gasteiger partial charge in [-0.3, -0.25) is 10.1 Å². The van der Waals surface area contributed by atoms with Crippen LogP contribution >= 0.6 is 12.2 Å². The number of amides is 1. The van der Waals surface area contributed by atoms with Crippen molar-refractivity contribution in [1.29, 1.82) is 0 Å². The van der Waals surface area contributed by atoms with Crippen molar-refractivity contribution in [2.45, 2.75) is 13.3 Å². The molecule has 0 atom stereocenters. The van der Waals surface area contributed by atoms with Gasteiger partial charge in [0.2, 0.25) is 0 Å². The van der Waals surface area contributed by atoms with E-state index in [4.69, 9.17) is 17.0 Å². The summed E-state index contributed by atoms with van der Waals surface area (Å²) in [4.78, 5) is 12.1. The average Bonchev–Trinajstić information content (AvgIpc) is 2.55. The van der Waals surface area contributed by atoms with Crippen LogP contribution in [-0.2, 0) is 6.42 Å². The van der Waals surface area contributed by atoms with Gasteiger partial charge in [-0.25, -0.2) is 0 Å². The highest BCUT2D eigenvalue weighted by Crippen LogP contribution is 2.22. The van der Waals surface area contributed by atoms with Gasteiger partial charge in [0.25, 0.3) is 5.91 Å². The van der Waals surface area contributed by atoms with Crippen LogP contribution in [0.15, 0.2) is 48.5 Å². The van der Waals surface area contributed by atoms with Crippen LogP contribution in [-0.4, -0.2) is 18.1 Å². The molecule has 2 aromatic rings. The van der Waals surface area contributed by atoms with Crippen molar-refractivity contribution in [3.63, 3.8) is 0 Å². The zero-order chi connectivity index (χ0) is 15.9. The van der Waals surface area contributed by atoms with Crippen molar-refractivity contribution in [3.8, 4) is 5.75 Å². The molecule has 0 aliphatic heterocycles. The van der Waals surface area contributed by atoms with Gasteiger partial charge in [0.15, 0.2) is 5.11 Å². The summed E-state index contributed by atoms with van der Waals surface area (Å²) in [6.45, 7) is 2.07. The van der Waals surface area contributed by atoms with Gasteiger partial charge in [0.1, 0.15) is 5.75 Å². The summed E-state index contributed by atoms with van der Waals surface area (Å²) in [6, 6.07) is 14.8. The molecule has 0 radical (unpaired) electrons. The standard InChI is InChI=1S/C17H18N2O2S/c1-3-12-8-10-13(11-9-12)16(20)19-17(22)18-14-6-4-5-7-15(14)21-2/h4-11H,3H2,1-2H3,(H2,18,19,20,22). The Morgan fingerprint density at radius 3 is 2.45 bits per heavy atom. The lowest BCUT2D eigenvalue weighted by Crippen LogP contribution is -2.34. The van der Waals surface area contributed by atoms with E-state index in [0.29, 0.717) is 17.0 Å². The lowest BCUT2D eigenvalue weighted by Gasteiger charge is -2.12. The summed E-state index contributed by atoms with van der Waals surface area (Å²) in [5.41, 5.74) is 2.46. The van der Waals surface area contributed by atoms with Gasteiger partial charge in [0.05, 0.1) is 12.8 Å². The predicted molar refractivity (Wildman–Crippen MR) is 92.5 cm³/mol. The van der Waals surface area contributed by atoms with Gasteiger partial charge in [0, 0.05) is 5.56 Å². The molecule has 0 aromatic heterocycles. The van der Waals surface area contributed by atoms with E-state index in [0.717, 1.165) is 6.42 Å². The first kappa shape index (κ1) is 16.0. The van der Waals surface area contributed by atoms with Crippen LogP contribution in [0.1, 0.15) is 22.8 Å². The summed E-state index contributed by atoms with van der Waals surface area (Å²) >= 11 is 5.17. The molecule has 0 saturated carbocycles. The number of methoxy groups -OCH3 is 1. The molecule has 1 amide bonds. The van der Waals surface area contributed by atoms with Gasteiger partial charge in [-0.15, -0.1) is 0 Å². The van der Waals surface area contributed by atoms with Crippen molar-refractivity contribution < 1.29 is 9.53 Å². The van der Waals surface area contributed by atoms with Gasteiger partial charge in [-0.1, -0.05) is 31.2 Å². The maximum absolute atomic E-state index is 12.1. The van der Waals surface area contributed by atoms with Gasteiger partial charge in [-0.05, 0) is 48.5 Å². The molecular formula is C17H18N2O2S. The number of ether oxygens (including phenoxy) is 1. The fraction of sp³-hybridized carbons (Fsp3) is 0.176. The molecule has 0 aliphatic rings. The minimum absolute atomic E-state index is 0.231. The number of rotatable bonds is 4. The summed E-state index contributed by atoms with van der Waals surface area (Å²) in [6.07, 6.45) is 0.940. The van der Waals surface area contributed by atoms with E-state index in [-0.39, 0.29) is 11.0 Å². The largest absolute Gasteiger partial charge is 0.495 e. The monoisotopic (exact) mass is 314 g/mol. The summed E-state index contributed by atoms with van der Waals surface area (Å²) in [7, 11) is 1.58. The second-order valence-corrected chi connectivity index (χ2v) is 5.07. The van der Waals surface area contributed by atoms with Crippen molar-refractivity contribution in [3.05, 3.63) is 59.7 Å². The smallest absolute Gasteiger partial charge is 0.257 e. The molecule has 0 aliphatic carbocycles. The lowest BCUT2D eigenvalue weighted by atomic mass is 10.1. The molecule has 2 aromatic carbocycles. The summed E-state index contributed by atoms with van der Waals surface area (Å²) in [5.74, 6) is 0.418. The first-order valence-corrected chi connectivity index (χ1v) is 7.39. The summed E-state index contributed by atoms with van der Waals surface area (Å²) in [5, 5.41) is 5.85. The number of hydrogen-bond acceptors (Lipinski definition) is 3. The molecule has 0 heterocycles. The third-order valence-corrected chi connectivity index (χ3v) is 3.41. The van der Waals surface area contributed by atoms with Crippen LogP contribution in [0, 0.1) is 0 Å². The molecule has 2 rings (SSSR count). The van der Waals surface area contributed by atoms with E-state index in [2.05, 4.69) is 17.6 Å². The number of benzene rings is 2. The van der Waals surface area contributed by atoms with Crippen LogP contribution in [0.5, 0.6) is 5.75 Å². The van der Waals surface area contributed by atoms with Crippen molar-refractivity contribution in [1.82, 2.24) is 5.32 Å². The van der Waals surface area contributed by atoms with Crippen molar-refractivity contribution >= 4 is 28.9 Å². The number of nitrogens with one attached hydrogen (secondary N) is 2. The Morgan fingerprint density at radius 2 is 1.82 bits per heavy atom. The van der Waals surface area contributed by atoms with Gasteiger partial charge < -0.3 is 10.1 Å². The van der Waals surface area contributed by atoms with Crippen LogP contribution in [0.3, 0.4) is 0 Å². The Kier molecular flexibility index (Phi) is 5.49. The number of thiocarbonyl (C=S) groups is 1. The maximum Gasteiger partial charge on any atom is 0.257 e. The van der Waals surface area contributed by atoms with Gasteiger partial charge in [-0.2, -0.15) is 0 Å². The number of anilines is 1. The third-order valence-electron chi connectivity index (χ3n) is 3.21. The molecule has 114 valence electrons. The second-order valence-electron chi connectivity index (χ2n) is 4.66. The zero-order valence-corrected chi connectivity index (χ0v) is 13.4. The van der Waals surface area contributed by atoms with Crippen LogP contribution in [0.2, 0.25) is 0 Å². The van der Waals surface area contributed by atoms with Crippen molar-refractivity contribution in [2.75, 3.05) is 12.4 Å². The SMILES string of the molecule is CCc1ccc(C(=O)NC(=S)Nc2ccccc2OC)cc1. The Bertz CT molecular complexity index is 669. The minimum atomic E-state index is -0.241. The maximum atomic E-state index is 12.1. The molecule has 0 bridgehead atoms. The number of para-hydroxylation sites is 2. The van der Waals surface area contributed by atoms with E-state index in [1.807, 2.05) is 36.4 Å². The molecule has 0 fully saturated rings. The second kappa shape index (κ2) is 7.56.